The highest BCUT2D eigenvalue weighted by Crippen LogP contribution is 2.37. The minimum absolute atomic E-state index is 0. The monoisotopic (exact) mass is 539 g/mol. The first-order valence-corrected chi connectivity index (χ1v) is 15.9. The smallest absolute Gasteiger partial charge is 0.00473 e. The van der Waals surface area contributed by atoms with E-state index in [2.05, 4.69) is 71.1 Å². The second-order valence-electron chi connectivity index (χ2n) is 9.29. The number of likely N-dealkylation sites (tertiary alicyclic amines) is 2. The van der Waals surface area contributed by atoms with Crippen molar-refractivity contribution in [3.05, 3.63) is 0 Å². The van der Waals surface area contributed by atoms with E-state index in [1.165, 1.54) is 84.0 Å². The van der Waals surface area contributed by atoms with Crippen LogP contribution in [-0.4, -0.2) is 55.8 Å². The molecule has 2 fully saturated rings. The van der Waals surface area contributed by atoms with Crippen molar-refractivity contribution in [3.8, 4) is 0 Å². The van der Waals surface area contributed by atoms with Crippen LogP contribution in [0.5, 0.6) is 0 Å². The number of unbranched alkanes of at least 4 members (excludes halogenated alkanes) is 3. The Kier molecular flexibility index (Phi) is 58.2. The molecule has 0 N–H and O–H groups in total. The Labute approximate surface area is 241 Å². The van der Waals surface area contributed by atoms with Gasteiger partial charge < -0.3 is 9.80 Å². The lowest BCUT2D eigenvalue weighted by Gasteiger charge is -2.48. The molecule has 0 amide bonds. The number of nitrogens with zero attached hydrogens (tertiary/aromatic N) is 2. The van der Waals surface area contributed by atoms with E-state index in [1.807, 2.05) is 55.4 Å². The van der Waals surface area contributed by atoms with Crippen molar-refractivity contribution >= 4 is 12.6 Å². The van der Waals surface area contributed by atoms with E-state index in [0.29, 0.717) is 10.8 Å². The predicted molar refractivity (Wildman–Crippen MR) is 182 cm³/mol. The van der Waals surface area contributed by atoms with Gasteiger partial charge in [-0.25, -0.2) is 0 Å². The normalized spacial score (nSPS) is 15.7. The van der Waals surface area contributed by atoms with Gasteiger partial charge in [0, 0.05) is 26.2 Å². The van der Waals surface area contributed by atoms with Gasteiger partial charge in [-0.15, -0.1) is 0 Å². The number of rotatable bonds is 9. The predicted octanol–water partition coefficient (Wildman–Crippen LogP) is 11.7. The van der Waals surface area contributed by atoms with E-state index in [9.17, 15) is 0 Å². The molecule has 0 aromatic heterocycles. The van der Waals surface area contributed by atoms with Crippen LogP contribution in [-0.2, 0) is 0 Å². The van der Waals surface area contributed by atoms with E-state index in [1.54, 1.807) is 0 Å². The summed E-state index contributed by atoms with van der Waals surface area (Å²) in [6, 6.07) is 0. The summed E-state index contributed by atoms with van der Waals surface area (Å²) >= 11 is 4.00. The van der Waals surface area contributed by atoms with E-state index in [-0.39, 0.29) is 14.9 Å². The molecule has 3 heteroatoms. The van der Waals surface area contributed by atoms with Crippen molar-refractivity contribution in [1.29, 1.82) is 0 Å². The van der Waals surface area contributed by atoms with E-state index in [4.69, 9.17) is 0 Å². The maximum Gasteiger partial charge on any atom is 0.00473 e. The summed E-state index contributed by atoms with van der Waals surface area (Å²) in [4.78, 5) is 4.83. The molecule has 0 bridgehead atoms. The van der Waals surface area contributed by atoms with Crippen molar-refractivity contribution in [1.82, 2.24) is 9.80 Å². The third kappa shape index (κ3) is 30.5. The zero-order chi connectivity index (χ0) is 28.1. The van der Waals surface area contributed by atoms with Gasteiger partial charge in [0.25, 0.3) is 0 Å². The number of hydrogen-bond donors (Lipinski definition) is 1. The van der Waals surface area contributed by atoms with Crippen molar-refractivity contribution in [2.24, 2.45) is 10.8 Å². The Morgan fingerprint density at radius 3 is 1.14 bits per heavy atom. The first kappa shape index (κ1) is 52.7. The third-order valence-electron chi connectivity index (χ3n) is 5.97. The minimum Gasteiger partial charge on any atom is -0.305 e. The molecule has 2 aliphatic heterocycles. The topological polar surface area (TPSA) is 6.48 Å². The van der Waals surface area contributed by atoms with Gasteiger partial charge in [0.05, 0.1) is 0 Å². The molecule has 0 atom stereocenters. The molecule has 2 rings (SSSR count). The van der Waals surface area contributed by atoms with Crippen LogP contribution < -0.4 is 0 Å². The first-order valence-electron chi connectivity index (χ1n) is 15.3. The fourth-order valence-corrected chi connectivity index (χ4v) is 4.70. The van der Waals surface area contributed by atoms with Gasteiger partial charge in [0.15, 0.2) is 0 Å². The average Bonchev–Trinajstić information content (AvgIpc) is 2.85. The SMILES string of the molecule is C.C.CC.CC.CC.CC.CCCCC1(C)CN(C)C1.CCCCC1(CC)CN(C)C1.CCCCS. The highest BCUT2D eigenvalue weighted by Gasteiger charge is 2.38. The molecular formula is C33H82N2S. The van der Waals surface area contributed by atoms with Crippen molar-refractivity contribution < 1.29 is 0 Å². The van der Waals surface area contributed by atoms with Crippen molar-refractivity contribution in [2.45, 2.75) is 163 Å². The maximum atomic E-state index is 4.00. The molecule has 0 unspecified atom stereocenters. The lowest BCUT2D eigenvalue weighted by Crippen LogP contribution is -2.53. The van der Waals surface area contributed by atoms with E-state index < -0.39 is 0 Å². The molecule has 230 valence electrons. The Morgan fingerprint density at radius 1 is 0.583 bits per heavy atom. The van der Waals surface area contributed by atoms with E-state index in [0.717, 1.165) is 5.75 Å². The van der Waals surface area contributed by atoms with Gasteiger partial charge in [-0.2, -0.15) is 12.6 Å². The van der Waals surface area contributed by atoms with Gasteiger partial charge in [-0.05, 0) is 56.4 Å². The number of thiol groups is 1. The third-order valence-corrected chi connectivity index (χ3v) is 6.29. The molecule has 0 aliphatic carbocycles. The lowest BCUT2D eigenvalue weighted by molar-refractivity contribution is 0.00930. The molecule has 0 aromatic rings. The van der Waals surface area contributed by atoms with Crippen molar-refractivity contribution in [3.63, 3.8) is 0 Å². The van der Waals surface area contributed by atoms with Gasteiger partial charge in [0.1, 0.15) is 0 Å². The highest BCUT2D eigenvalue weighted by atomic mass is 32.1. The molecule has 0 saturated carbocycles. The molecule has 0 radical (unpaired) electrons. The fourth-order valence-electron chi connectivity index (χ4n) is 4.39. The zero-order valence-corrected chi connectivity index (χ0v) is 28.1. The highest BCUT2D eigenvalue weighted by molar-refractivity contribution is 7.80. The summed E-state index contributed by atoms with van der Waals surface area (Å²) in [6.45, 7) is 32.8. The Balaban J connectivity index is -0.0000000621. The average molecular weight is 539 g/mol. The molecule has 36 heavy (non-hydrogen) atoms. The van der Waals surface area contributed by atoms with Gasteiger partial charge >= 0.3 is 0 Å². The maximum absolute atomic E-state index is 4.00. The summed E-state index contributed by atoms with van der Waals surface area (Å²) < 4.78 is 0. The Morgan fingerprint density at radius 2 is 0.917 bits per heavy atom. The Hall–Kier alpha value is 0.270. The lowest BCUT2D eigenvalue weighted by atomic mass is 9.74. The summed E-state index contributed by atoms with van der Waals surface area (Å²) in [5.74, 6) is 1.04. The van der Waals surface area contributed by atoms with Crippen molar-refractivity contribution in [2.75, 3.05) is 46.0 Å². The summed E-state index contributed by atoms with van der Waals surface area (Å²) in [7, 11) is 4.42. The van der Waals surface area contributed by atoms with Crippen LogP contribution in [0.3, 0.4) is 0 Å². The largest absolute Gasteiger partial charge is 0.305 e. The standard InChI is InChI=1S/C10H21N.C9H19N.C4H10S.4C2H6.2CH4/c1-4-6-7-10(5-2)8-11(3)9-10;1-4-5-6-9(2)7-10(3)8-9;1-2-3-4-5;4*1-2;;/h4-9H2,1-3H3;4-8H2,1-3H3;5H,2-4H2,1H3;4*1-2H3;2*1H4. The fraction of sp³-hybridized carbons (Fsp3) is 1.00. The second-order valence-corrected chi connectivity index (χ2v) is 9.74. The minimum atomic E-state index is 0. The molecule has 0 spiro atoms. The van der Waals surface area contributed by atoms with Crippen LogP contribution in [0, 0.1) is 10.8 Å². The van der Waals surface area contributed by atoms with Crippen LogP contribution in [0.1, 0.15) is 163 Å². The Bertz CT molecular complexity index is 320. The molecule has 2 heterocycles. The number of hydrogen-bond acceptors (Lipinski definition) is 3. The van der Waals surface area contributed by atoms with Crippen LogP contribution >= 0.6 is 12.6 Å². The van der Waals surface area contributed by atoms with Crippen LogP contribution in [0.4, 0.5) is 0 Å². The summed E-state index contributed by atoms with van der Waals surface area (Å²) in [5.41, 5.74) is 1.38. The quantitative estimate of drug-likeness (QED) is 0.291. The molecule has 0 aromatic carbocycles. The molecular weight excluding hydrogens is 456 g/mol. The van der Waals surface area contributed by atoms with Gasteiger partial charge in [0.2, 0.25) is 0 Å². The zero-order valence-electron chi connectivity index (χ0n) is 27.2. The summed E-state index contributed by atoms with van der Waals surface area (Å²) in [5, 5.41) is 0. The molecule has 2 nitrogen and oxygen atoms in total. The molecule has 2 saturated heterocycles. The first-order chi connectivity index (χ1) is 16.3. The van der Waals surface area contributed by atoms with Gasteiger partial charge in [-0.1, -0.05) is 137 Å². The van der Waals surface area contributed by atoms with Crippen LogP contribution in [0.25, 0.3) is 0 Å². The van der Waals surface area contributed by atoms with Gasteiger partial charge in [-0.3, -0.25) is 0 Å². The second kappa shape index (κ2) is 39.8. The van der Waals surface area contributed by atoms with Crippen LogP contribution in [0.2, 0.25) is 0 Å². The summed E-state index contributed by atoms with van der Waals surface area (Å²) in [6.07, 6.45) is 12.3. The van der Waals surface area contributed by atoms with E-state index >= 15 is 0 Å². The van der Waals surface area contributed by atoms with Crippen LogP contribution in [0.15, 0.2) is 0 Å². The molecule has 2 aliphatic rings.